The maximum absolute atomic E-state index is 11.5. The minimum absolute atomic E-state index is 0.315. The van der Waals surface area contributed by atoms with E-state index in [2.05, 4.69) is 5.32 Å². The van der Waals surface area contributed by atoms with Crippen LogP contribution < -0.4 is 19.9 Å². The Morgan fingerprint density at radius 3 is 2.65 bits per heavy atom. The first-order valence-electron chi connectivity index (χ1n) is 5.04. The molecular formula is C11H10NO5-. The van der Waals surface area contributed by atoms with Gasteiger partial charge in [0.05, 0.1) is 12.5 Å². The predicted molar refractivity (Wildman–Crippen MR) is 54.8 cm³/mol. The van der Waals surface area contributed by atoms with E-state index < -0.39 is 18.4 Å². The van der Waals surface area contributed by atoms with E-state index in [0.717, 1.165) is 0 Å². The molecule has 1 heterocycles. The van der Waals surface area contributed by atoms with Gasteiger partial charge in [-0.15, -0.1) is 0 Å². The molecule has 0 aromatic heterocycles. The van der Waals surface area contributed by atoms with Gasteiger partial charge >= 0.3 is 0 Å². The van der Waals surface area contributed by atoms with Crippen molar-refractivity contribution in [3.8, 4) is 11.5 Å². The average molecular weight is 236 g/mol. The maximum Gasteiger partial charge on any atom is 0.251 e. The number of hydrogen-bond donors (Lipinski definition) is 1. The molecule has 90 valence electrons. The number of carboxylic acids is 1. The standard InChI is InChI=1S/C11H11NO5/c13-10(14)6-12-11(15)7-1-2-8-9(5-7)17-4-3-16-8/h1-2,5H,3-4,6H2,(H,12,15)(H,13,14)/p-1. The van der Waals surface area contributed by atoms with Gasteiger partial charge in [-0.25, -0.2) is 0 Å². The van der Waals surface area contributed by atoms with Crippen molar-refractivity contribution in [3.05, 3.63) is 23.8 Å². The molecule has 0 atom stereocenters. The van der Waals surface area contributed by atoms with Gasteiger partial charge < -0.3 is 24.7 Å². The molecule has 0 bridgehead atoms. The second kappa shape index (κ2) is 4.73. The summed E-state index contributed by atoms with van der Waals surface area (Å²) in [4.78, 5) is 21.7. The number of aliphatic carboxylic acids is 1. The van der Waals surface area contributed by atoms with Crippen molar-refractivity contribution in [2.75, 3.05) is 19.8 Å². The molecular weight excluding hydrogens is 226 g/mol. The van der Waals surface area contributed by atoms with E-state index in [0.29, 0.717) is 30.3 Å². The average Bonchev–Trinajstić information content (AvgIpc) is 2.35. The fourth-order valence-electron chi connectivity index (χ4n) is 1.44. The first-order valence-corrected chi connectivity index (χ1v) is 5.04. The third-order valence-corrected chi connectivity index (χ3v) is 2.20. The zero-order valence-corrected chi connectivity index (χ0v) is 8.89. The van der Waals surface area contributed by atoms with E-state index in [1.165, 1.54) is 12.1 Å². The number of benzene rings is 1. The lowest BCUT2D eigenvalue weighted by Crippen LogP contribution is -2.37. The smallest absolute Gasteiger partial charge is 0.251 e. The van der Waals surface area contributed by atoms with Crippen LogP contribution in [0.25, 0.3) is 0 Å². The monoisotopic (exact) mass is 236 g/mol. The minimum Gasteiger partial charge on any atom is -0.548 e. The number of rotatable bonds is 3. The third-order valence-electron chi connectivity index (χ3n) is 2.20. The Labute approximate surface area is 97.1 Å². The van der Waals surface area contributed by atoms with Gasteiger partial charge in [-0.05, 0) is 18.2 Å². The topological polar surface area (TPSA) is 87.7 Å². The van der Waals surface area contributed by atoms with Crippen LogP contribution in [0.15, 0.2) is 18.2 Å². The molecule has 1 aromatic carbocycles. The number of carbonyl (C=O) groups is 2. The molecule has 6 nitrogen and oxygen atoms in total. The molecule has 1 amide bonds. The fourth-order valence-corrected chi connectivity index (χ4v) is 1.44. The summed E-state index contributed by atoms with van der Waals surface area (Å²) in [6, 6.07) is 4.67. The number of hydrogen-bond acceptors (Lipinski definition) is 5. The number of amides is 1. The molecule has 0 spiro atoms. The second-order valence-corrected chi connectivity index (χ2v) is 3.41. The summed E-state index contributed by atoms with van der Waals surface area (Å²) in [6.07, 6.45) is 0. The fraction of sp³-hybridized carbons (Fsp3) is 0.273. The van der Waals surface area contributed by atoms with Gasteiger partial charge in [-0.2, -0.15) is 0 Å². The van der Waals surface area contributed by atoms with E-state index in [1.807, 2.05) is 0 Å². The Morgan fingerprint density at radius 2 is 1.94 bits per heavy atom. The molecule has 0 saturated heterocycles. The van der Waals surface area contributed by atoms with Crippen molar-refractivity contribution in [1.82, 2.24) is 5.32 Å². The van der Waals surface area contributed by atoms with Crippen LogP contribution in [0.4, 0.5) is 0 Å². The molecule has 1 aliphatic rings. The van der Waals surface area contributed by atoms with Gasteiger partial charge in [-0.1, -0.05) is 0 Å². The molecule has 0 fully saturated rings. The van der Waals surface area contributed by atoms with Gasteiger partial charge in [0.25, 0.3) is 5.91 Å². The summed E-state index contributed by atoms with van der Waals surface area (Å²) in [6.45, 7) is 0.383. The normalized spacial score (nSPS) is 12.9. The third kappa shape index (κ3) is 2.66. The van der Waals surface area contributed by atoms with E-state index >= 15 is 0 Å². The van der Waals surface area contributed by atoms with Crippen molar-refractivity contribution < 1.29 is 24.2 Å². The Kier molecular flexibility index (Phi) is 3.13. The van der Waals surface area contributed by atoms with Crippen molar-refractivity contribution in [2.24, 2.45) is 0 Å². The summed E-state index contributed by atoms with van der Waals surface area (Å²) in [5.74, 6) is -0.771. The highest BCUT2D eigenvalue weighted by Crippen LogP contribution is 2.30. The number of carbonyl (C=O) groups excluding carboxylic acids is 2. The van der Waals surface area contributed by atoms with Gasteiger partial charge in [0.2, 0.25) is 0 Å². The van der Waals surface area contributed by atoms with Crippen LogP contribution in [0, 0.1) is 0 Å². The SMILES string of the molecule is O=C([O-])CNC(=O)c1ccc2c(c1)OCCO2. The van der Waals surface area contributed by atoms with Crippen molar-refractivity contribution in [3.63, 3.8) is 0 Å². The molecule has 2 rings (SSSR count). The second-order valence-electron chi connectivity index (χ2n) is 3.41. The van der Waals surface area contributed by atoms with E-state index in [9.17, 15) is 14.7 Å². The molecule has 0 radical (unpaired) electrons. The molecule has 0 aliphatic carbocycles. The molecule has 1 N–H and O–H groups in total. The van der Waals surface area contributed by atoms with E-state index in [4.69, 9.17) is 9.47 Å². The van der Waals surface area contributed by atoms with Crippen molar-refractivity contribution >= 4 is 11.9 Å². The van der Waals surface area contributed by atoms with E-state index in [1.54, 1.807) is 6.07 Å². The van der Waals surface area contributed by atoms with Gasteiger partial charge in [0.15, 0.2) is 11.5 Å². The Balaban J connectivity index is 2.11. The number of nitrogens with one attached hydrogen (secondary N) is 1. The van der Waals surface area contributed by atoms with Gasteiger partial charge in [-0.3, -0.25) is 4.79 Å². The first-order chi connectivity index (χ1) is 8.16. The minimum atomic E-state index is -1.34. The Morgan fingerprint density at radius 1 is 1.24 bits per heavy atom. The lowest BCUT2D eigenvalue weighted by atomic mass is 10.2. The highest BCUT2D eigenvalue weighted by atomic mass is 16.6. The Hall–Kier alpha value is -2.24. The summed E-state index contributed by atoms with van der Waals surface area (Å²) in [7, 11) is 0. The lowest BCUT2D eigenvalue weighted by molar-refractivity contribution is -0.303. The number of carboxylic acid groups (broad SMARTS) is 1. The van der Waals surface area contributed by atoms with Crippen LogP contribution in [0.5, 0.6) is 11.5 Å². The van der Waals surface area contributed by atoms with Crippen molar-refractivity contribution in [2.45, 2.75) is 0 Å². The molecule has 0 saturated carbocycles. The molecule has 0 unspecified atom stereocenters. The van der Waals surface area contributed by atoms with Gasteiger partial charge in [0, 0.05) is 5.56 Å². The summed E-state index contributed by atoms with van der Waals surface area (Å²) < 4.78 is 10.6. The zero-order chi connectivity index (χ0) is 12.3. The summed E-state index contributed by atoms with van der Waals surface area (Å²) in [5.41, 5.74) is 0.315. The highest BCUT2D eigenvalue weighted by Gasteiger charge is 2.14. The Bertz CT molecular complexity index is 457. The van der Waals surface area contributed by atoms with Crippen LogP contribution in [0.3, 0.4) is 0 Å². The van der Waals surface area contributed by atoms with Crippen LogP contribution in [-0.2, 0) is 4.79 Å². The zero-order valence-electron chi connectivity index (χ0n) is 8.89. The van der Waals surface area contributed by atoms with Crippen LogP contribution in [0.1, 0.15) is 10.4 Å². The lowest BCUT2D eigenvalue weighted by Gasteiger charge is -2.18. The number of fused-ring (bicyclic) bond motifs is 1. The summed E-state index contributed by atoms with van der Waals surface area (Å²) in [5, 5.41) is 12.4. The van der Waals surface area contributed by atoms with Crippen LogP contribution in [-0.4, -0.2) is 31.6 Å². The van der Waals surface area contributed by atoms with Gasteiger partial charge in [0.1, 0.15) is 13.2 Å². The predicted octanol–water partition coefficient (Wildman–Crippen LogP) is -1.06. The van der Waals surface area contributed by atoms with Crippen LogP contribution >= 0.6 is 0 Å². The number of ether oxygens (including phenoxy) is 2. The van der Waals surface area contributed by atoms with Crippen LogP contribution in [0.2, 0.25) is 0 Å². The summed E-state index contributed by atoms with van der Waals surface area (Å²) >= 11 is 0. The highest BCUT2D eigenvalue weighted by molar-refractivity contribution is 5.96. The molecule has 6 heteroatoms. The van der Waals surface area contributed by atoms with E-state index in [-0.39, 0.29) is 0 Å². The quantitative estimate of drug-likeness (QED) is 0.722. The molecule has 1 aromatic rings. The molecule has 17 heavy (non-hydrogen) atoms. The maximum atomic E-state index is 11.5. The first kappa shape index (κ1) is 11.3. The molecule has 1 aliphatic heterocycles. The largest absolute Gasteiger partial charge is 0.548 e. The van der Waals surface area contributed by atoms with Crippen molar-refractivity contribution in [1.29, 1.82) is 0 Å².